The molecule has 0 radical (unpaired) electrons. The van der Waals surface area contributed by atoms with Crippen LogP contribution < -0.4 is 5.73 Å². The van der Waals surface area contributed by atoms with Crippen molar-refractivity contribution < 1.29 is 8.42 Å². The van der Waals surface area contributed by atoms with Gasteiger partial charge in [-0.05, 0) is 17.7 Å². The van der Waals surface area contributed by atoms with Gasteiger partial charge in [0.15, 0.2) is 0 Å². The molecule has 1 aliphatic rings. The first-order valence-corrected chi connectivity index (χ1v) is 7.71. The van der Waals surface area contributed by atoms with Crippen molar-refractivity contribution in [2.45, 2.75) is 24.5 Å². The van der Waals surface area contributed by atoms with Crippen LogP contribution in [0.3, 0.4) is 0 Å². The van der Waals surface area contributed by atoms with E-state index in [1.54, 1.807) is 30.6 Å². The third kappa shape index (κ3) is 2.21. The SMILES string of the molecule is NCc1ccc(S(=O)(=O)N2CCn3cnnc3C2)cc1. The molecular weight excluding hydrogens is 278 g/mol. The van der Waals surface area contributed by atoms with Crippen LogP contribution in [0.1, 0.15) is 11.4 Å². The zero-order valence-electron chi connectivity index (χ0n) is 10.8. The average Bonchev–Trinajstić information content (AvgIpc) is 2.94. The molecule has 3 rings (SSSR count). The molecular formula is C12H15N5O2S. The predicted molar refractivity (Wildman–Crippen MR) is 72.0 cm³/mol. The summed E-state index contributed by atoms with van der Waals surface area (Å²) in [4.78, 5) is 0.280. The summed E-state index contributed by atoms with van der Waals surface area (Å²) in [5, 5.41) is 7.73. The van der Waals surface area contributed by atoms with Crippen LogP contribution in [0.2, 0.25) is 0 Å². The summed E-state index contributed by atoms with van der Waals surface area (Å²) in [5.41, 5.74) is 6.42. The van der Waals surface area contributed by atoms with Gasteiger partial charge in [0.1, 0.15) is 12.2 Å². The molecule has 1 aliphatic heterocycles. The molecule has 0 saturated heterocycles. The van der Waals surface area contributed by atoms with Gasteiger partial charge in [0, 0.05) is 19.6 Å². The van der Waals surface area contributed by atoms with E-state index >= 15 is 0 Å². The number of hydrogen-bond acceptors (Lipinski definition) is 5. The van der Waals surface area contributed by atoms with Crippen molar-refractivity contribution in [1.82, 2.24) is 19.1 Å². The Hall–Kier alpha value is -1.77. The van der Waals surface area contributed by atoms with Crippen LogP contribution >= 0.6 is 0 Å². The number of aromatic nitrogens is 3. The fraction of sp³-hybridized carbons (Fsp3) is 0.333. The standard InChI is InChI=1S/C12H15N5O2S/c13-7-10-1-3-11(4-2-10)20(18,19)17-6-5-16-9-14-15-12(16)8-17/h1-4,9H,5-8,13H2. The summed E-state index contributed by atoms with van der Waals surface area (Å²) in [5.74, 6) is 0.665. The van der Waals surface area contributed by atoms with Crippen LogP contribution in [-0.2, 0) is 29.7 Å². The molecule has 0 atom stereocenters. The van der Waals surface area contributed by atoms with E-state index in [0.29, 0.717) is 25.5 Å². The van der Waals surface area contributed by atoms with Crippen molar-refractivity contribution >= 4 is 10.0 Å². The zero-order chi connectivity index (χ0) is 14.2. The Morgan fingerprint density at radius 1 is 1.20 bits per heavy atom. The summed E-state index contributed by atoms with van der Waals surface area (Å²) in [6.07, 6.45) is 1.62. The van der Waals surface area contributed by atoms with Crippen molar-refractivity contribution in [3.63, 3.8) is 0 Å². The lowest BCUT2D eigenvalue weighted by molar-refractivity contribution is 0.335. The van der Waals surface area contributed by atoms with Gasteiger partial charge in [0.2, 0.25) is 10.0 Å². The Labute approximate surface area is 117 Å². The van der Waals surface area contributed by atoms with E-state index in [9.17, 15) is 8.42 Å². The summed E-state index contributed by atoms with van der Waals surface area (Å²) < 4.78 is 28.4. The summed E-state index contributed by atoms with van der Waals surface area (Å²) in [6.45, 7) is 1.64. The second-order valence-corrected chi connectivity index (χ2v) is 6.57. The Balaban J connectivity index is 1.88. The van der Waals surface area contributed by atoms with Crippen LogP contribution in [0.5, 0.6) is 0 Å². The summed E-state index contributed by atoms with van der Waals surface area (Å²) >= 11 is 0. The normalized spacial score (nSPS) is 16.1. The first-order chi connectivity index (χ1) is 9.61. The van der Waals surface area contributed by atoms with Crippen molar-refractivity contribution in [3.05, 3.63) is 42.0 Å². The Morgan fingerprint density at radius 3 is 2.65 bits per heavy atom. The predicted octanol–water partition coefficient (Wildman–Crippen LogP) is -0.0587. The lowest BCUT2D eigenvalue weighted by Crippen LogP contribution is -2.38. The van der Waals surface area contributed by atoms with Gasteiger partial charge in [-0.1, -0.05) is 12.1 Å². The quantitative estimate of drug-likeness (QED) is 0.855. The fourth-order valence-corrected chi connectivity index (χ4v) is 3.58. The van der Waals surface area contributed by atoms with Crippen molar-refractivity contribution in [2.75, 3.05) is 6.54 Å². The van der Waals surface area contributed by atoms with Gasteiger partial charge in [0.05, 0.1) is 11.4 Å². The van der Waals surface area contributed by atoms with Gasteiger partial charge in [0.25, 0.3) is 0 Å². The van der Waals surface area contributed by atoms with Gasteiger partial charge >= 0.3 is 0 Å². The zero-order valence-corrected chi connectivity index (χ0v) is 11.6. The molecule has 0 amide bonds. The molecule has 106 valence electrons. The third-order valence-electron chi connectivity index (χ3n) is 3.40. The Bertz CT molecular complexity index is 708. The highest BCUT2D eigenvalue weighted by Gasteiger charge is 2.29. The molecule has 1 aromatic carbocycles. The van der Waals surface area contributed by atoms with E-state index < -0.39 is 10.0 Å². The molecule has 20 heavy (non-hydrogen) atoms. The van der Waals surface area contributed by atoms with E-state index in [1.165, 1.54) is 4.31 Å². The number of hydrogen-bond donors (Lipinski definition) is 1. The second kappa shape index (κ2) is 4.97. The monoisotopic (exact) mass is 293 g/mol. The van der Waals surface area contributed by atoms with Gasteiger partial charge in [-0.15, -0.1) is 10.2 Å². The molecule has 7 nitrogen and oxygen atoms in total. The molecule has 2 heterocycles. The minimum atomic E-state index is -3.50. The first-order valence-electron chi connectivity index (χ1n) is 6.27. The van der Waals surface area contributed by atoms with Crippen LogP contribution in [-0.4, -0.2) is 34.0 Å². The van der Waals surface area contributed by atoms with Gasteiger partial charge < -0.3 is 10.3 Å². The van der Waals surface area contributed by atoms with Gasteiger partial charge in [-0.3, -0.25) is 0 Å². The number of nitrogens with two attached hydrogens (primary N) is 1. The second-order valence-electron chi connectivity index (χ2n) is 4.63. The molecule has 0 saturated carbocycles. The highest BCUT2D eigenvalue weighted by atomic mass is 32.2. The molecule has 2 aromatic rings. The number of sulfonamides is 1. The van der Waals surface area contributed by atoms with Crippen LogP contribution in [0.15, 0.2) is 35.5 Å². The van der Waals surface area contributed by atoms with Crippen LogP contribution in [0.25, 0.3) is 0 Å². The number of rotatable bonds is 3. The largest absolute Gasteiger partial charge is 0.326 e. The highest BCUT2D eigenvalue weighted by Crippen LogP contribution is 2.20. The lowest BCUT2D eigenvalue weighted by Gasteiger charge is -2.26. The molecule has 8 heteroatoms. The van der Waals surface area contributed by atoms with E-state index in [4.69, 9.17) is 5.73 Å². The minimum absolute atomic E-state index is 0.251. The maximum absolute atomic E-state index is 12.6. The topological polar surface area (TPSA) is 94.1 Å². The summed E-state index contributed by atoms with van der Waals surface area (Å²) in [7, 11) is -3.50. The highest BCUT2D eigenvalue weighted by molar-refractivity contribution is 7.89. The fourth-order valence-electron chi connectivity index (χ4n) is 2.20. The molecule has 0 bridgehead atoms. The third-order valence-corrected chi connectivity index (χ3v) is 5.26. The molecule has 0 spiro atoms. The van der Waals surface area contributed by atoms with E-state index in [2.05, 4.69) is 10.2 Å². The first kappa shape index (κ1) is 13.2. The van der Waals surface area contributed by atoms with E-state index in [1.807, 2.05) is 4.57 Å². The molecule has 1 aromatic heterocycles. The Morgan fingerprint density at radius 2 is 1.95 bits per heavy atom. The van der Waals surface area contributed by atoms with Crippen molar-refractivity contribution in [1.29, 1.82) is 0 Å². The van der Waals surface area contributed by atoms with Crippen LogP contribution in [0.4, 0.5) is 0 Å². The smallest absolute Gasteiger partial charge is 0.243 e. The van der Waals surface area contributed by atoms with Crippen molar-refractivity contribution in [3.8, 4) is 0 Å². The maximum atomic E-state index is 12.6. The van der Waals surface area contributed by atoms with Gasteiger partial charge in [-0.2, -0.15) is 4.31 Å². The summed E-state index contributed by atoms with van der Waals surface area (Å²) in [6, 6.07) is 6.66. The molecule has 2 N–H and O–H groups in total. The molecule has 0 unspecified atom stereocenters. The number of benzene rings is 1. The Kier molecular flexibility index (Phi) is 3.28. The minimum Gasteiger partial charge on any atom is -0.326 e. The van der Waals surface area contributed by atoms with Crippen molar-refractivity contribution in [2.24, 2.45) is 5.73 Å². The number of fused-ring (bicyclic) bond motifs is 1. The molecule has 0 fully saturated rings. The average molecular weight is 293 g/mol. The lowest BCUT2D eigenvalue weighted by atomic mass is 10.2. The number of nitrogens with zero attached hydrogens (tertiary/aromatic N) is 4. The van der Waals surface area contributed by atoms with E-state index in [0.717, 1.165) is 5.56 Å². The van der Waals surface area contributed by atoms with Crippen LogP contribution in [0, 0.1) is 0 Å². The molecule has 0 aliphatic carbocycles. The van der Waals surface area contributed by atoms with E-state index in [-0.39, 0.29) is 11.4 Å². The van der Waals surface area contributed by atoms with Gasteiger partial charge in [-0.25, -0.2) is 8.42 Å². The maximum Gasteiger partial charge on any atom is 0.243 e.